The molecule has 0 radical (unpaired) electrons. The minimum atomic E-state index is -1.73. The Kier molecular flexibility index (Phi) is 3.31. The first kappa shape index (κ1) is 11.5. The van der Waals surface area contributed by atoms with Gasteiger partial charge >= 0.3 is 5.97 Å². The topological polar surface area (TPSA) is 66.8 Å². The molecule has 2 N–H and O–H groups in total. The molecule has 1 atom stereocenters. The summed E-state index contributed by atoms with van der Waals surface area (Å²) in [4.78, 5) is 10.7. The Morgan fingerprint density at radius 3 is 2.33 bits per heavy atom. The van der Waals surface area contributed by atoms with E-state index in [1.54, 1.807) is 31.4 Å². The van der Waals surface area contributed by atoms with E-state index in [1.165, 1.54) is 6.92 Å². The second-order valence-electron chi connectivity index (χ2n) is 3.60. The van der Waals surface area contributed by atoms with Crippen LogP contribution in [0.15, 0.2) is 24.3 Å². The van der Waals surface area contributed by atoms with Crippen LogP contribution in [0.4, 0.5) is 0 Å². The van der Waals surface area contributed by atoms with E-state index in [2.05, 4.69) is 0 Å². The summed E-state index contributed by atoms with van der Waals surface area (Å²) < 4.78 is 4.97. The average molecular weight is 210 g/mol. The molecule has 0 aliphatic heterocycles. The molecule has 0 amide bonds. The molecule has 4 heteroatoms. The molecule has 0 aliphatic carbocycles. The summed E-state index contributed by atoms with van der Waals surface area (Å²) in [5, 5.41) is 18.3. The van der Waals surface area contributed by atoms with Gasteiger partial charge in [-0.1, -0.05) is 12.1 Å². The molecular formula is C11H14O4. The van der Waals surface area contributed by atoms with Crippen LogP contribution in [0, 0.1) is 0 Å². The maximum absolute atomic E-state index is 10.7. The molecule has 4 nitrogen and oxygen atoms in total. The van der Waals surface area contributed by atoms with Crippen LogP contribution in [0.3, 0.4) is 0 Å². The number of rotatable bonds is 4. The lowest BCUT2D eigenvalue weighted by Gasteiger charge is -2.17. The summed E-state index contributed by atoms with van der Waals surface area (Å²) in [6.07, 6.45) is 0.0757. The van der Waals surface area contributed by atoms with E-state index < -0.39 is 11.6 Å². The van der Waals surface area contributed by atoms with Gasteiger partial charge in [-0.2, -0.15) is 0 Å². The van der Waals surface area contributed by atoms with Gasteiger partial charge in [0.15, 0.2) is 5.60 Å². The van der Waals surface area contributed by atoms with Crippen molar-refractivity contribution >= 4 is 5.97 Å². The number of aliphatic hydroxyl groups is 1. The Bertz CT molecular complexity index is 340. The number of hydrogen-bond acceptors (Lipinski definition) is 3. The van der Waals surface area contributed by atoms with Crippen molar-refractivity contribution in [2.24, 2.45) is 0 Å². The number of aliphatic carboxylic acids is 1. The maximum atomic E-state index is 10.7. The van der Waals surface area contributed by atoms with Gasteiger partial charge in [0, 0.05) is 6.42 Å². The predicted octanol–water partition coefficient (Wildman–Crippen LogP) is 1.07. The highest BCUT2D eigenvalue weighted by Crippen LogP contribution is 2.17. The van der Waals surface area contributed by atoms with Crippen LogP contribution in [-0.4, -0.2) is 28.9 Å². The van der Waals surface area contributed by atoms with Crippen molar-refractivity contribution in [3.63, 3.8) is 0 Å². The maximum Gasteiger partial charge on any atom is 0.335 e. The molecule has 1 aromatic carbocycles. The van der Waals surface area contributed by atoms with Crippen LogP contribution in [0.25, 0.3) is 0 Å². The van der Waals surface area contributed by atoms with Gasteiger partial charge in [-0.05, 0) is 24.6 Å². The number of carboxylic acid groups (broad SMARTS) is 1. The molecule has 0 unspecified atom stereocenters. The molecule has 0 aromatic heterocycles. The lowest BCUT2D eigenvalue weighted by molar-refractivity contribution is -0.156. The van der Waals surface area contributed by atoms with E-state index in [-0.39, 0.29) is 6.42 Å². The Hall–Kier alpha value is -1.55. The molecule has 0 heterocycles. The summed E-state index contributed by atoms with van der Waals surface area (Å²) in [6, 6.07) is 6.92. The molecule has 0 saturated carbocycles. The highest BCUT2D eigenvalue weighted by Gasteiger charge is 2.29. The van der Waals surface area contributed by atoms with Crippen LogP contribution in [0.5, 0.6) is 5.75 Å². The smallest absolute Gasteiger partial charge is 0.335 e. The third-order valence-electron chi connectivity index (χ3n) is 2.17. The summed E-state index contributed by atoms with van der Waals surface area (Å²) in [7, 11) is 1.56. The first-order valence-electron chi connectivity index (χ1n) is 4.54. The molecule has 0 aliphatic rings. The second kappa shape index (κ2) is 4.31. The van der Waals surface area contributed by atoms with E-state index >= 15 is 0 Å². The largest absolute Gasteiger partial charge is 0.497 e. The molecular weight excluding hydrogens is 196 g/mol. The fourth-order valence-electron chi connectivity index (χ4n) is 1.22. The number of hydrogen-bond donors (Lipinski definition) is 2. The van der Waals surface area contributed by atoms with E-state index in [9.17, 15) is 9.90 Å². The number of carbonyl (C=O) groups is 1. The van der Waals surface area contributed by atoms with E-state index in [0.29, 0.717) is 5.75 Å². The summed E-state index contributed by atoms with van der Waals surface area (Å²) in [5.41, 5.74) is -0.975. The summed E-state index contributed by atoms with van der Waals surface area (Å²) in [5.74, 6) is -0.521. The first-order valence-corrected chi connectivity index (χ1v) is 4.54. The van der Waals surface area contributed by atoms with Crippen LogP contribution >= 0.6 is 0 Å². The molecule has 82 valence electrons. The second-order valence-corrected chi connectivity index (χ2v) is 3.60. The number of methoxy groups -OCH3 is 1. The van der Waals surface area contributed by atoms with Crippen LogP contribution < -0.4 is 4.74 Å². The Morgan fingerprint density at radius 1 is 1.40 bits per heavy atom. The monoisotopic (exact) mass is 210 g/mol. The molecule has 1 aromatic rings. The zero-order chi connectivity index (χ0) is 11.5. The van der Waals surface area contributed by atoms with Gasteiger partial charge in [0.05, 0.1) is 7.11 Å². The van der Waals surface area contributed by atoms with Crippen LogP contribution in [-0.2, 0) is 11.2 Å². The highest BCUT2D eigenvalue weighted by atomic mass is 16.5. The third kappa shape index (κ3) is 2.95. The fourth-order valence-corrected chi connectivity index (χ4v) is 1.22. The quantitative estimate of drug-likeness (QED) is 0.780. The normalized spacial score (nSPS) is 14.3. The van der Waals surface area contributed by atoms with Gasteiger partial charge in [0.2, 0.25) is 0 Å². The van der Waals surface area contributed by atoms with Crippen LogP contribution in [0.1, 0.15) is 12.5 Å². The van der Waals surface area contributed by atoms with Crippen molar-refractivity contribution in [3.8, 4) is 5.75 Å². The summed E-state index contributed by atoms with van der Waals surface area (Å²) in [6.45, 7) is 1.28. The molecule has 0 bridgehead atoms. The molecule has 0 saturated heterocycles. The highest BCUT2D eigenvalue weighted by molar-refractivity contribution is 5.76. The average Bonchev–Trinajstić information content (AvgIpc) is 2.18. The van der Waals surface area contributed by atoms with Gasteiger partial charge in [-0.15, -0.1) is 0 Å². The SMILES string of the molecule is COc1ccc(C[C@](C)(O)C(=O)O)cc1. The van der Waals surface area contributed by atoms with Crippen molar-refractivity contribution in [1.82, 2.24) is 0 Å². The predicted molar refractivity (Wildman–Crippen MR) is 55.0 cm³/mol. The van der Waals surface area contributed by atoms with E-state index in [0.717, 1.165) is 5.56 Å². The molecule has 0 fully saturated rings. The number of benzene rings is 1. The van der Waals surface area contributed by atoms with Crippen molar-refractivity contribution in [2.45, 2.75) is 18.9 Å². The van der Waals surface area contributed by atoms with Crippen molar-refractivity contribution in [1.29, 1.82) is 0 Å². The van der Waals surface area contributed by atoms with Crippen LogP contribution in [0.2, 0.25) is 0 Å². The lowest BCUT2D eigenvalue weighted by Crippen LogP contribution is -2.37. The van der Waals surface area contributed by atoms with Crippen molar-refractivity contribution in [3.05, 3.63) is 29.8 Å². The number of carboxylic acids is 1. The molecule has 15 heavy (non-hydrogen) atoms. The molecule has 1 rings (SSSR count). The van der Waals surface area contributed by atoms with Crippen molar-refractivity contribution < 1.29 is 19.7 Å². The fraction of sp³-hybridized carbons (Fsp3) is 0.364. The minimum absolute atomic E-state index is 0.0757. The minimum Gasteiger partial charge on any atom is -0.497 e. The van der Waals surface area contributed by atoms with Crippen molar-refractivity contribution in [2.75, 3.05) is 7.11 Å². The standard InChI is InChI=1S/C11H14O4/c1-11(14,10(12)13)7-8-3-5-9(15-2)6-4-8/h3-6,14H,7H2,1-2H3,(H,12,13)/t11-/m0/s1. The first-order chi connectivity index (χ1) is 6.95. The van der Waals surface area contributed by atoms with Gasteiger partial charge < -0.3 is 14.9 Å². The zero-order valence-electron chi connectivity index (χ0n) is 8.73. The third-order valence-corrected chi connectivity index (χ3v) is 2.17. The summed E-state index contributed by atoms with van der Waals surface area (Å²) >= 11 is 0. The van der Waals surface area contributed by atoms with Gasteiger partial charge in [0.1, 0.15) is 5.75 Å². The van der Waals surface area contributed by atoms with E-state index in [4.69, 9.17) is 9.84 Å². The Morgan fingerprint density at radius 2 is 1.93 bits per heavy atom. The lowest BCUT2D eigenvalue weighted by atomic mass is 9.97. The van der Waals surface area contributed by atoms with E-state index in [1.807, 2.05) is 0 Å². The zero-order valence-corrected chi connectivity index (χ0v) is 8.73. The van der Waals surface area contributed by atoms with Gasteiger partial charge in [-0.3, -0.25) is 0 Å². The Balaban J connectivity index is 2.77. The number of ether oxygens (including phenoxy) is 1. The molecule has 0 spiro atoms. The van der Waals surface area contributed by atoms with Gasteiger partial charge in [-0.25, -0.2) is 4.79 Å². The van der Waals surface area contributed by atoms with Gasteiger partial charge in [0.25, 0.3) is 0 Å². The Labute approximate surface area is 88.1 Å².